The molecule has 5 heteroatoms. The average Bonchev–Trinajstić information content (AvgIpc) is 2.56. The number of hydrogen-bond acceptors (Lipinski definition) is 3. The lowest BCUT2D eigenvalue weighted by Crippen LogP contribution is -2.55. The van der Waals surface area contributed by atoms with Gasteiger partial charge in [0.05, 0.1) is 7.11 Å². The number of esters is 1. The number of nitrogens with one attached hydrogen (secondary N) is 1. The molecule has 2 rings (SSSR count). The van der Waals surface area contributed by atoms with Crippen molar-refractivity contribution in [2.45, 2.75) is 89.3 Å². The van der Waals surface area contributed by atoms with Crippen LogP contribution in [0.3, 0.4) is 0 Å². The van der Waals surface area contributed by atoms with E-state index in [4.69, 9.17) is 4.74 Å². The first kappa shape index (κ1) is 17.1. The Hall–Kier alpha value is -1.26. The molecular weight excluding hydrogens is 280 g/mol. The summed E-state index contributed by atoms with van der Waals surface area (Å²) in [6.07, 6.45) is 11.7. The largest absolute Gasteiger partial charge is 0.467 e. The number of urea groups is 1. The second kappa shape index (κ2) is 8.39. The molecule has 126 valence electrons. The molecule has 0 aromatic carbocycles. The van der Waals surface area contributed by atoms with Crippen LogP contribution in [-0.2, 0) is 9.53 Å². The number of carbonyl (C=O) groups excluding carboxylic acids is 2. The van der Waals surface area contributed by atoms with Gasteiger partial charge in [-0.1, -0.05) is 38.5 Å². The van der Waals surface area contributed by atoms with Crippen molar-refractivity contribution in [1.29, 1.82) is 0 Å². The van der Waals surface area contributed by atoms with Gasteiger partial charge in [0.2, 0.25) is 0 Å². The van der Waals surface area contributed by atoms with Gasteiger partial charge >= 0.3 is 12.0 Å². The lowest BCUT2D eigenvalue weighted by atomic mass is 9.89. The van der Waals surface area contributed by atoms with E-state index < -0.39 is 6.04 Å². The molecule has 2 fully saturated rings. The van der Waals surface area contributed by atoms with Crippen LogP contribution in [0.4, 0.5) is 4.79 Å². The Morgan fingerprint density at radius 2 is 1.41 bits per heavy atom. The quantitative estimate of drug-likeness (QED) is 0.811. The van der Waals surface area contributed by atoms with E-state index in [1.54, 1.807) is 6.92 Å². The third kappa shape index (κ3) is 4.37. The fourth-order valence-corrected chi connectivity index (χ4v) is 3.84. The summed E-state index contributed by atoms with van der Waals surface area (Å²) in [6.45, 7) is 1.68. The van der Waals surface area contributed by atoms with Gasteiger partial charge < -0.3 is 15.0 Å². The molecule has 2 saturated carbocycles. The predicted octanol–water partition coefficient (Wildman–Crippen LogP) is 3.22. The van der Waals surface area contributed by atoms with E-state index in [0.717, 1.165) is 25.7 Å². The molecule has 0 aromatic heterocycles. The van der Waals surface area contributed by atoms with Crippen LogP contribution in [0, 0.1) is 0 Å². The van der Waals surface area contributed by atoms with Crippen LogP contribution >= 0.6 is 0 Å². The molecule has 1 atom stereocenters. The van der Waals surface area contributed by atoms with Gasteiger partial charge in [-0.3, -0.25) is 0 Å². The van der Waals surface area contributed by atoms with E-state index in [-0.39, 0.29) is 12.0 Å². The maximum absolute atomic E-state index is 12.8. The summed E-state index contributed by atoms with van der Waals surface area (Å²) in [5.41, 5.74) is 0. The van der Waals surface area contributed by atoms with Crippen LogP contribution in [0.5, 0.6) is 0 Å². The molecule has 0 spiro atoms. The number of rotatable bonds is 4. The van der Waals surface area contributed by atoms with E-state index in [1.165, 1.54) is 45.6 Å². The van der Waals surface area contributed by atoms with E-state index in [1.807, 2.05) is 0 Å². The first-order valence-electron chi connectivity index (χ1n) is 8.80. The summed E-state index contributed by atoms with van der Waals surface area (Å²) in [4.78, 5) is 26.4. The summed E-state index contributed by atoms with van der Waals surface area (Å²) in [5, 5.41) is 2.84. The van der Waals surface area contributed by atoms with Crippen LogP contribution in [0.2, 0.25) is 0 Å². The van der Waals surface area contributed by atoms with Crippen LogP contribution in [0.25, 0.3) is 0 Å². The fraction of sp³-hybridized carbons (Fsp3) is 0.882. The predicted molar refractivity (Wildman–Crippen MR) is 85.6 cm³/mol. The minimum Gasteiger partial charge on any atom is -0.467 e. The minimum absolute atomic E-state index is 0.0864. The number of ether oxygens (including phenoxy) is 1. The van der Waals surface area contributed by atoms with Gasteiger partial charge in [0.15, 0.2) is 0 Å². The number of nitrogens with zero attached hydrogens (tertiary/aromatic N) is 1. The Kier molecular flexibility index (Phi) is 6.52. The Morgan fingerprint density at radius 1 is 0.955 bits per heavy atom. The lowest BCUT2D eigenvalue weighted by Gasteiger charge is -2.42. The Morgan fingerprint density at radius 3 is 1.82 bits per heavy atom. The van der Waals surface area contributed by atoms with Gasteiger partial charge in [-0.15, -0.1) is 0 Å². The summed E-state index contributed by atoms with van der Waals surface area (Å²) >= 11 is 0. The SMILES string of the molecule is COC(=O)C(C)NC(=O)N(C1CCCCC1)C1CCCCC1. The van der Waals surface area contributed by atoms with Crippen LogP contribution in [-0.4, -0.2) is 42.1 Å². The van der Waals surface area contributed by atoms with Crippen molar-refractivity contribution >= 4 is 12.0 Å². The van der Waals surface area contributed by atoms with Crippen molar-refractivity contribution in [2.75, 3.05) is 7.11 Å². The topological polar surface area (TPSA) is 58.6 Å². The molecule has 0 saturated heterocycles. The maximum Gasteiger partial charge on any atom is 0.328 e. The molecular formula is C17H30N2O3. The van der Waals surface area contributed by atoms with E-state index in [9.17, 15) is 9.59 Å². The monoisotopic (exact) mass is 310 g/mol. The Bertz CT molecular complexity index is 356. The van der Waals surface area contributed by atoms with E-state index in [0.29, 0.717) is 12.1 Å². The third-order valence-corrected chi connectivity index (χ3v) is 5.07. The molecule has 2 aliphatic rings. The second-order valence-corrected chi connectivity index (χ2v) is 6.69. The number of carbonyl (C=O) groups is 2. The molecule has 0 bridgehead atoms. The number of hydrogen-bond donors (Lipinski definition) is 1. The average molecular weight is 310 g/mol. The highest BCUT2D eigenvalue weighted by Gasteiger charge is 2.33. The highest BCUT2D eigenvalue weighted by molar-refractivity contribution is 5.83. The summed E-state index contributed by atoms with van der Waals surface area (Å²) in [7, 11) is 1.35. The van der Waals surface area contributed by atoms with Gasteiger partial charge in [-0.05, 0) is 32.6 Å². The number of amides is 2. The normalized spacial score (nSPS) is 21.9. The van der Waals surface area contributed by atoms with Crippen molar-refractivity contribution in [1.82, 2.24) is 10.2 Å². The first-order chi connectivity index (χ1) is 10.6. The van der Waals surface area contributed by atoms with Gasteiger partial charge in [0.25, 0.3) is 0 Å². The van der Waals surface area contributed by atoms with Crippen LogP contribution < -0.4 is 5.32 Å². The minimum atomic E-state index is -0.591. The van der Waals surface area contributed by atoms with Gasteiger partial charge in [0, 0.05) is 12.1 Å². The molecule has 2 aliphatic carbocycles. The van der Waals surface area contributed by atoms with Gasteiger partial charge in [-0.25, -0.2) is 9.59 Å². The second-order valence-electron chi connectivity index (χ2n) is 6.69. The van der Waals surface area contributed by atoms with E-state index in [2.05, 4.69) is 10.2 Å². The maximum atomic E-state index is 12.8. The van der Waals surface area contributed by atoms with E-state index >= 15 is 0 Å². The summed E-state index contributed by atoms with van der Waals surface area (Å²) < 4.78 is 4.71. The fourth-order valence-electron chi connectivity index (χ4n) is 3.84. The zero-order chi connectivity index (χ0) is 15.9. The zero-order valence-corrected chi connectivity index (χ0v) is 14.0. The molecule has 1 unspecified atom stereocenters. The highest BCUT2D eigenvalue weighted by Crippen LogP contribution is 2.30. The molecule has 0 aliphatic heterocycles. The van der Waals surface area contributed by atoms with Crippen molar-refractivity contribution in [3.8, 4) is 0 Å². The Balaban J connectivity index is 2.04. The van der Waals surface area contributed by atoms with Crippen LogP contribution in [0.15, 0.2) is 0 Å². The Labute approximate surface area is 133 Å². The smallest absolute Gasteiger partial charge is 0.328 e. The highest BCUT2D eigenvalue weighted by atomic mass is 16.5. The van der Waals surface area contributed by atoms with Crippen molar-refractivity contribution in [2.24, 2.45) is 0 Å². The number of methoxy groups -OCH3 is 1. The first-order valence-corrected chi connectivity index (χ1v) is 8.80. The van der Waals surface area contributed by atoms with Crippen LogP contribution in [0.1, 0.15) is 71.1 Å². The summed E-state index contributed by atoms with van der Waals surface area (Å²) in [5.74, 6) is -0.388. The third-order valence-electron chi connectivity index (χ3n) is 5.07. The molecule has 1 N–H and O–H groups in total. The van der Waals surface area contributed by atoms with Gasteiger partial charge in [0.1, 0.15) is 6.04 Å². The zero-order valence-electron chi connectivity index (χ0n) is 14.0. The standard InChI is InChI=1S/C17H30N2O3/c1-13(16(20)22-2)18-17(21)19(14-9-5-3-6-10-14)15-11-7-4-8-12-15/h13-15H,3-12H2,1-2H3,(H,18,21). The molecule has 2 amide bonds. The lowest BCUT2D eigenvalue weighted by molar-refractivity contribution is -0.142. The molecule has 0 aromatic rings. The molecule has 0 heterocycles. The van der Waals surface area contributed by atoms with Gasteiger partial charge in [-0.2, -0.15) is 0 Å². The molecule has 22 heavy (non-hydrogen) atoms. The van der Waals surface area contributed by atoms with Crippen molar-refractivity contribution in [3.63, 3.8) is 0 Å². The molecule has 0 radical (unpaired) electrons. The summed E-state index contributed by atoms with van der Waals surface area (Å²) in [6, 6.07) is -0.00715. The molecule has 5 nitrogen and oxygen atoms in total. The van der Waals surface area contributed by atoms with Crippen molar-refractivity contribution in [3.05, 3.63) is 0 Å². The van der Waals surface area contributed by atoms with Crippen molar-refractivity contribution < 1.29 is 14.3 Å².